The normalized spacial score (nSPS) is 14.3. The molecule has 0 saturated heterocycles. The highest BCUT2D eigenvalue weighted by molar-refractivity contribution is 9.10. The number of carbonyl (C=O) groups excluding carboxylic acids is 1. The monoisotopic (exact) mass is 515 g/mol. The number of carbonyl (C=O) groups is 1. The van der Waals surface area contributed by atoms with E-state index < -0.39 is 11.8 Å². The number of hydrogen-bond acceptors (Lipinski definition) is 5. The molecular weight excluding hydrogens is 501 g/mol. The number of methoxy groups -OCH3 is 1. The van der Waals surface area contributed by atoms with Gasteiger partial charge in [0.2, 0.25) is 5.90 Å². The molecule has 0 atom stereocenters. The van der Waals surface area contributed by atoms with Crippen molar-refractivity contribution >= 4 is 45.5 Å². The van der Waals surface area contributed by atoms with Gasteiger partial charge in [-0.15, -0.1) is 0 Å². The number of esters is 1. The van der Waals surface area contributed by atoms with Crippen LogP contribution in [-0.2, 0) is 16.1 Å². The topological polar surface area (TPSA) is 57.1 Å². The first-order valence-corrected chi connectivity index (χ1v) is 10.6. The Labute approximate surface area is 197 Å². The summed E-state index contributed by atoms with van der Waals surface area (Å²) in [6.07, 6.45) is 1.53. The van der Waals surface area contributed by atoms with Crippen LogP contribution in [0.5, 0.6) is 11.5 Å². The Bertz CT molecular complexity index is 1240. The van der Waals surface area contributed by atoms with Gasteiger partial charge in [-0.1, -0.05) is 35.9 Å². The Morgan fingerprint density at radius 1 is 1.16 bits per heavy atom. The van der Waals surface area contributed by atoms with Crippen LogP contribution in [0.2, 0.25) is 5.02 Å². The van der Waals surface area contributed by atoms with Crippen LogP contribution < -0.4 is 9.47 Å². The van der Waals surface area contributed by atoms with E-state index in [2.05, 4.69) is 20.9 Å². The van der Waals surface area contributed by atoms with E-state index in [-0.39, 0.29) is 17.2 Å². The maximum absolute atomic E-state index is 14.0. The Kier molecular flexibility index (Phi) is 6.58. The third-order valence-electron chi connectivity index (χ3n) is 4.58. The predicted octanol–water partition coefficient (Wildman–Crippen LogP) is 6.17. The van der Waals surface area contributed by atoms with E-state index >= 15 is 0 Å². The first-order chi connectivity index (χ1) is 15.4. The van der Waals surface area contributed by atoms with Gasteiger partial charge in [-0.05, 0) is 69.5 Å². The molecule has 0 bridgehead atoms. The molecule has 1 aliphatic rings. The maximum atomic E-state index is 14.0. The average molecular weight is 517 g/mol. The number of halogens is 3. The van der Waals surface area contributed by atoms with E-state index in [4.69, 9.17) is 25.8 Å². The second kappa shape index (κ2) is 9.54. The van der Waals surface area contributed by atoms with Crippen molar-refractivity contribution in [3.05, 3.63) is 98.4 Å². The number of benzene rings is 3. The summed E-state index contributed by atoms with van der Waals surface area (Å²) in [5.74, 6) is -0.291. The summed E-state index contributed by atoms with van der Waals surface area (Å²) >= 11 is 9.41. The predicted molar refractivity (Wildman–Crippen MR) is 123 cm³/mol. The summed E-state index contributed by atoms with van der Waals surface area (Å²) in [5.41, 5.74) is 1.73. The molecule has 1 heterocycles. The molecule has 32 heavy (non-hydrogen) atoms. The maximum Gasteiger partial charge on any atom is 0.363 e. The van der Waals surface area contributed by atoms with Crippen molar-refractivity contribution in [3.8, 4) is 11.5 Å². The van der Waals surface area contributed by atoms with Gasteiger partial charge < -0.3 is 14.2 Å². The van der Waals surface area contributed by atoms with Gasteiger partial charge >= 0.3 is 5.97 Å². The van der Waals surface area contributed by atoms with Gasteiger partial charge in [0.05, 0.1) is 17.1 Å². The Morgan fingerprint density at radius 2 is 1.91 bits per heavy atom. The van der Waals surface area contributed by atoms with E-state index in [0.29, 0.717) is 33.2 Å². The molecule has 3 aromatic rings. The fourth-order valence-electron chi connectivity index (χ4n) is 3.02. The Hall–Kier alpha value is -3.16. The molecule has 0 amide bonds. The summed E-state index contributed by atoms with van der Waals surface area (Å²) in [4.78, 5) is 16.4. The summed E-state index contributed by atoms with van der Waals surface area (Å²) in [7, 11) is 1.52. The minimum atomic E-state index is -0.665. The summed E-state index contributed by atoms with van der Waals surface area (Å²) in [5, 5.41) is 0.649. The molecule has 8 heteroatoms. The zero-order valence-electron chi connectivity index (χ0n) is 16.8. The average Bonchev–Trinajstić information content (AvgIpc) is 3.14. The first kappa shape index (κ1) is 22.0. The third-order valence-corrected chi connectivity index (χ3v) is 5.42. The lowest BCUT2D eigenvalue weighted by Gasteiger charge is -2.14. The number of hydrogen-bond donors (Lipinski definition) is 0. The van der Waals surface area contributed by atoms with Gasteiger partial charge in [0.25, 0.3) is 0 Å². The van der Waals surface area contributed by atoms with Crippen LogP contribution in [0.15, 0.2) is 75.8 Å². The Balaban J connectivity index is 1.59. The Morgan fingerprint density at radius 3 is 2.62 bits per heavy atom. The van der Waals surface area contributed by atoms with E-state index in [1.807, 2.05) is 12.1 Å². The highest BCUT2D eigenvalue weighted by Crippen LogP contribution is 2.38. The van der Waals surface area contributed by atoms with E-state index in [1.54, 1.807) is 36.4 Å². The summed E-state index contributed by atoms with van der Waals surface area (Å²) < 4.78 is 31.2. The van der Waals surface area contributed by atoms with Crippen molar-refractivity contribution in [2.75, 3.05) is 7.11 Å². The van der Waals surface area contributed by atoms with Crippen LogP contribution in [0, 0.1) is 5.82 Å². The number of aliphatic imine (C=N–C) groups is 1. The minimum absolute atomic E-state index is 0.0482. The third kappa shape index (κ3) is 4.84. The molecule has 0 aliphatic carbocycles. The molecular formula is C24H16BrClFNO4. The lowest BCUT2D eigenvalue weighted by atomic mass is 10.1. The van der Waals surface area contributed by atoms with Gasteiger partial charge in [0.15, 0.2) is 17.2 Å². The molecule has 0 radical (unpaired) electrons. The fraction of sp³-hybridized carbons (Fsp3) is 0.0833. The molecule has 0 N–H and O–H groups in total. The molecule has 0 aromatic heterocycles. The largest absolute Gasteiger partial charge is 0.493 e. The molecule has 162 valence electrons. The van der Waals surface area contributed by atoms with Gasteiger partial charge in [-0.3, -0.25) is 0 Å². The second-order valence-corrected chi connectivity index (χ2v) is 8.06. The molecule has 0 fully saturated rings. The molecule has 0 saturated carbocycles. The van der Waals surface area contributed by atoms with Gasteiger partial charge in [-0.2, -0.15) is 0 Å². The molecule has 4 rings (SSSR count). The number of rotatable bonds is 6. The smallest absolute Gasteiger partial charge is 0.363 e. The van der Waals surface area contributed by atoms with Crippen molar-refractivity contribution in [1.29, 1.82) is 0 Å². The van der Waals surface area contributed by atoms with Crippen molar-refractivity contribution in [3.63, 3.8) is 0 Å². The van der Waals surface area contributed by atoms with Crippen molar-refractivity contribution in [2.24, 2.45) is 4.99 Å². The minimum Gasteiger partial charge on any atom is -0.493 e. The standard InChI is InChI=1S/C24H16BrClFNO4/c1-30-21-12-15(10-18(25)22(21)31-13-14-6-8-16(26)9-7-14)11-20-24(29)32-23(28-20)17-4-2-3-5-19(17)27/h2-12H,13H2,1H3/b20-11-. The summed E-state index contributed by atoms with van der Waals surface area (Å²) in [6, 6.07) is 16.8. The molecule has 1 aliphatic heterocycles. The highest BCUT2D eigenvalue weighted by Gasteiger charge is 2.26. The van der Waals surface area contributed by atoms with Crippen LogP contribution in [0.1, 0.15) is 16.7 Å². The number of nitrogens with zero attached hydrogens (tertiary/aromatic N) is 1. The number of ether oxygens (including phenoxy) is 3. The molecule has 5 nitrogen and oxygen atoms in total. The van der Waals surface area contributed by atoms with Gasteiger partial charge in [-0.25, -0.2) is 14.2 Å². The van der Waals surface area contributed by atoms with Crippen molar-refractivity contribution in [1.82, 2.24) is 0 Å². The van der Waals surface area contributed by atoms with Crippen LogP contribution in [0.25, 0.3) is 6.08 Å². The molecule has 0 spiro atoms. The molecule has 3 aromatic carbocycles. The molecule has 0 unspecified atom stereocenters. The number of cyclic esters (lactones) is 1. The van der Waals surface area contributed by atoms with E-state index in [9.17, 15) is 9.18 Å². The van der Waals surface area contributed by atoms with Crippen molar-refractivity contribution < 1.29 is 23.4 Å². The summed E-state index contributed by atoms with van der Waals surface area (Å²) in [6.45, 7) is 0.315. The van der Waals surface area contributed by atoms with E-state index in [1.165, 1.54) is 25.3 Å². The quantitative estimate of drug-likeness (QED) is 0.290. The van der Waals surface area contributed by atoms with Gasteiger partial charge in [0, 0.05) is 5.02 Å². The highest BCUT2D eigenvalue weighted by atomic mass is 79.9. The zero-order valence-corrected chi connectivity index (χ0v) is 19.1. The second-order valence-electron chi connectivity index (χ2n) is 6.77. The first-order valence-electron chi connectivity index (χ1n) is 9.47. The fourth-order valence-corrected chi connectivity index (χ4v) is 3.72. The van der Waals surface area contributed by atoms with E-state index in [0.717, 1.165) is 5.56 Å². The van der Waals surface area contributed by atoms with Crippen LogP contribution in [0.3, 0.4) is 0 Å². The SMILES string of the molecule is COc1cc(/C=C2\N=C(c3ccccc3F)OC2=O)cc(Br)c1OCc1ccc(Cl)cc1. The van der Waals surface area contributed by atoms with Crippen LogP contribution >= 0.6 is 27.5 Å². The van der Waals surface area contributed by atoms with Crippen LogP contribution in [0.4, 0.5) is 4.39 Å². The van der Waals surface area contributed by atoms with Crippen molar-refractivity contribution in [2.45, 2.75) is 6.61 Å². The van der Waals surface area contributed by atoms with Gasteiger partial charge in [0.1, 0.15) is 12.4 Å². The zero-order chi connectivity index (χ0) is 22.7. The lowest BCUT2D eigenvalue weighted by molar-refractivity contribution is -0.129. The van der Waals surface area contributed by atoms with Crippen LogP contribution in [-0.4, -0.2) is 19.0 Å². The lowest BCUT2D eigenvalue weighted by Crippen LogP contribution is -2.07.